The lowest BCUT2D eigenvalue weighted by atomic mass is 10.2. The molecule has 1 N–H and O–H groups in total. The monoisotopic (exact) mass is 317 g/mol. The molecule has 1 aliphatic rings. The van der Waals surface area contributed by atoms with Gasteiger partial charge in [-0.15, -0.1) is 11.3 Å². The molecule has 2 aromatic rings. The Labute approximate surface area is 133 Å². The number of hydrogen-bond acceptors (Lipinski definition) is 4. The zero-order valence-corrected chi connectivity index (χ0v) is 13.2. The van der Waals surface area contributed by atoms with Crippen LogP contribution in [0.5, 0.6) is 0 Å². The number of carbonyl (C=O) groups is 2. The van der Waals surface area contributed by atoms with E-state index >= 15 is 0 Å². The van der Waals surface area contributed by atoms with Gasteiger partial charge in [0, 0.05) is 13.0 Å². The number of hydrogen-bond donors (Lipinski definition) is 1. The van der Waals surface area contributed by atoms with E-state index in [1.807, 2.05) is 24.3 Å². The fraction of sp³-hybridized carbons (Fsp3) is 0.438. The second kappa shape index (κ2) is 6.87. The van der Waals surface area contributed by atoms with Crippen LogP contribution in [0.2, 0.25) is 0 Å². The SMILES string of the molecule is O=C(CN1CCCCCC1=O)NCc1nc2ccccc2s1. The van der Waals surface area contributed by atoms with Crippen molar-refractivity contribution in [1.82, 2.24) is 15.2 Å². The van der Waals surface area contributed by atoms with E-state index in [0.717, 1.165) is 34.5 Å². The number of rotatable bonds is 4. The molecule has 6 heteroatoms. The maximum absolute atomic E-state index is 12.0. The molecule has 1 aromatic heterocycles. The van der Waals surface area contributed by atoms with Crippen molar-refractivity contribution in [2.45, 2.75) is 32.2 Å². The summed E-state index contributed by atoms with van der Waals surface area (Å²) in [6.07, 6.45) is 3.54. The number of likely N-dealkylation sites (tertiary alicyclic amines) is 1. The van der Waals surface area contributed by atoms with Gasteiger partial charge in [0.2, 0.25) is 11.8 Å². The Morgan fingerprint density at radius 2 is 2.14 bits per heavy atom. The zero-order chi connectivity index (χ0) is 15.4. The quantitative estimate of drug-likeness (QED) is 0.941. The first-order valence-corrected chi connectivity index (χ1v) is 8.43. The van der Waals surface area contributed by atoms with E-state index < -0.39 is 0 Å². The summed E-state index contributed by atoms with van der Waals surface area (Å²) in [7, 11) is 0. The lowest BCUT2D eigenvalue weighted by molar-refractivity contribution is -0.135. The summed E-state index contributed by atoms with van der Waals surface area (Å²) >= 11 is 1.58. The molecule has 0 spiro atoms. The first kappa shape index (κ1) is 15.0. The molecule has 1 fully saturated rings. The molecule has 0 aliphatic carbocycles. The van der Waals surface area contributed by atoms with Crippen molar-refractivity contribution in [3.63, 3.8) is 0 Å². The molecule has 116 valence electrons. The molecule has 3 rings (SSSR count). The minimum absolute atomic E-state index is 0.0904. The number of amides is 2. The highest BCUT2D eigenvalue weighted by Gasteiger charge is 2.19. The predicted molar refractivity (Wildman–Crippen MR) is 86.5 cm³/mol. The molecular weight excluding hydrogens is 298 g/mol. The second-order valence-corrected chi connectivity index (χ2v) is 6.59. The van der Waals surface area contributed by atoms with E-state index in [2.05, 4.69) is 10.3 Å². The van der Waals surface area contributed by atoms with Gasteiger partial charge in [0.1, 0.15) is 5.01 Å². The van der Waals surface area contributed by atoms with Crippen LogP contribution in [0.4, 0.5) is 0 Å². The van der Waals surface area contributed by atoms with Crippen molar-refractivity contribution in [3.05, 3.63) is 29.3 Å². The van der Waals surface area contributed by atoms with Crippen LogP contribution < -0.4 is 5.32 Å². The summed E-state index contributed by atoms with van der Waals surface area (Å²) in [5.74, 6) is -0.0258. The third-order valence-electron chi connectivity index (χ3n) is 3.78. The van der Waals surface area contributed by atoms with E-state index in [4.69, 9.17) is 0 Å². The lowest BCUT2D eigenvalue weighted by Crippen LogP contribution is -2.40. The van der Waals surface area contributed by atoms with Gasteiger partial charge in [0.25, 0.3) is 0 Å². The van der Waals surface area contributed by atoms with Crippen LogP contribution in [0.1, 0.15) is 30.7 Å². The van der Waals surface area contributed by atoms with E-state index in [0.29, 0.717) is 19.5 Å². The number of nitrogens with one attached hydrogen (secondary N) is 1. The summed E-state index contributed by atoms with van der Waals surface area (Å²) in [6, 6.07) is 7.92. The van der Waals surface area contributed by atoms with Crippen LogP contribution in [0, 0.1) is 0 Å². The fourth-order valence-corrected chi connectivity index (χ4v) is 3.51. The van der Waals surface area contributed by atoms with Crippen LogP contribution in [0.15, 0.2) is 24.3 Å². The fourth-order valence-electron chi connectivity index (χ4n) is 2.60. The minimum Gasteiger partial charge on any atom is -0.348 e. The van der Waals surface area contributed by atoms with Gasteiger partial charge in [-0.1, -0.05) is 18.6 Å². The van der Waals surface area contributed by atoms with Gasteiger partial charge < -0.3 is 10.2 Å². The van der Waals surface area contributed by atoms with Crippen LogP contribution >= 0.6 is 11.3 Å². The molecule has 2 heterocycles. The van der Waals surface area contributed by atoms with Crippen LogP contribution in [0.25, 0.3) is 10.2 Å². The van der Waals surface area contributed by atoms with Gasteiger partial charge >= 0.3 is 0 Å². The summed E-state index contributed by atoms with van der Waals surface area (Å²) in [6.45, 7) is 1.26. The average molecular weight is 317 g/mol. The van der Waals surface area contributed by atoms with Gasteiger partial charge in [-0.3, -0.25) is 9.59 Å². The summed E-state index contributed by atoms with van der Waals surface area (Å²) < 4.78 is 1.12. The molecule has 1 saturated heterocycles. The maximum atomic E-state index is 12.0. The second-order valence-electron chi connectivity index (χ2n) is 5.48. The summed E-state index contributed by atoms with van der Waals surface area (Å²) in [4.78, 5) is 30.1. The molecular formula is C16H19N3O2S. The van der Waals surface area contributed by atoms with Gasteiger partial charge in [0.15, 0.2) is 0 Å². The van der Waals surface area contributed by atoms with E-state index in [-0.39, 0.29) is 18.4 Å². The lowest BCUT2D eigenvalue weighted by Gasteiger charge is -2.19. The Morgan fingerprint density at radius 1 is 1.27 bits per heavy atom. The standard InChI is InChI=1S/C16H19N3O2S/c20-14(11-19-9-5-1-2-8-16(19)21)17-10-15-18-12-6-3-4-7-13(12)22-15/h3-4,6-7H,1-2,5,8-11H2,(H,17,20). The molecule has 5 nitrogen and oxygen atoms in total. The number of carbonyl (C=O) groups excluding carboxylic acids is 2. The molecule has 1 aliphatic heterocycles. The number of aromatic nitrogens is 1. The highest BCUT2D eigenvalue weighted by Crippen LogP contribution is 2.21. The Morgan fingerprint density at radius 3 is 3.00 bits per heavy atom. The number of thiazole rings is 1. The Kier molecular flexibility index (Phi) is 4.68. The smallest absolute Gasteiger partial charge is 0.239 e. The summed E-state index contributed by atoms with van der Waals surface area (Å²) in [5.41, 5.74) is 0.958. The van der Waals surface area contributed by atoms with Crippen LogP contribution in [-0.4, -0.2) is 34.8 Å². The molecule has 2 amide bonds. The topological polar surface area (TPSA) is 62.3 Å². The van der Waals surface area contributed by atoms with E-state index in [1.165, 1.54) is 0 Å². The van der Waals surface area contributed by atoms with Gasteiger partial charge in [0.05, 0.1) is 23.3 Å². The van der Waals surface area contributed by atoms with Crippen molar-refractivity contribution < 1.29 is 9.59 Å². The maximum Gasteiger partial charge on any atom is 0.239 e. The summed E-state index contributed by atoms with van der Waals surface area (Å²) in [5, 5.41) is 3.75. The van der Waals surface area contributed by atoms with E-state index in [1.54, 1.807) is 16.2 Å². The minimum atomic E-state index is -0.116. The van der Waals surface area contributed by atoms with Gasteiger partial charge in [-0.05, 0) is 25.0 Å². The third kappa shape index (κ3) is 3.62. The third-order valence-corrected chi connectivity index (χ3v) is 4.82. The first-order valence-electron chi connectivity index (χ1n) is 7.61. The average Bonchev–Trinajstić information content (AvgIpc) is 2.83. The molecule has 0 saturated carbocycles. The van der Waals surface area contributed by atoms with Crippen molar-refractivity contribution in [3.8, 4) is 0 Å². The molecule has 0 unspecified atom stereocenters. The molecule has 0 bridgehead atoms. The highest BCUT2D eigenvalue weighted by atomic mass is 32.1. The Hall–Kier alpha value is -1.95. The highest BCUT2D eigenvalue weighted by molar-refractivity contribution is 7.18. The van der Waals surface area contributed by atoms with Crippen molar-refractivity contribution in [2.24, 2.45) is 0 Å². The van der Waals surface area contributed by atoms with Crippen LogP contribution in [-0.2, 0) is 16.1 Å². The normalized spacial score (nSPS) is 15.8. The van der Waals surface area contributed by atoms with Crippen molar-refractivity contribution in [1.29, 1.82) is 0 Å². The zero-order valence-electron chi connectivity index (χ0n) is 12.4. The number of benzene rings is 1. The number of nitrogens with zero attached hydrogens (tertiary/aromatic N) is 2. The Balaban J connectivity index is 1.54. The largest absolute Gasteiger partial charge is 0.348 e. The molecule has 0 atom stereocenters. The first-order chi connectivity index (χ1) is 10.7. The van der Waals surface area contributed by atoms with Gasteiger partial charge in [-0.2, -0.15) is 0 Å². The number of fused-ring (bicyclic) bond motifs is 1. The van der Waals surface area contributed by atoms with Crippen molar-refractivity contribution >= 4 is 33.4 Å². The predicted octanol–water partition coefficient (Wildman–Crippen LogP) is 2.32. The van der Waals surface area contributed by atoms with Crippen molar-refractivity contribution in [2.75, 3.05) is 13.1 Å². The Bertz CT molecular complexity index is 650. The molecule has 0 radical (unpaired) electrons. The molecule has 22 heavy (non-hydrogen) atoms. The van der Waals surface area contributed by atoms with E-state index in [9.17, 15) is 9.59 Å². The van der Waals surface area contributed by atoms with Gasteiger partial charge in [-0.25, -0.2) is 4.98 Å². The van der Waals surface area contributed by atoms with Crippen LogP contribution in [0.3, 0.4) is 0 Å². The molecule has 1 aromatic carbocycles. The number of para-hydroxylation sites is 1.